The van der Waals surface area contributed by atoms with Crippen LogP contribution in [0.25, 0.3) is 10.8 Å². The molecule has 1 heterocycles. The second kappa shape index (κ2) is 7.54. The molecule has 1 atom stereocenters. The number of halogens is 1. The third-order valence-electron chi connectivity index (χ3n) is 3.21. The number of aromatic hydroxyl groups is 1. The number of rotatable bonds is 6. The van der Waals surface area contributed by atoms with Crippen molar-refractivity contribution >= 4 is 34.2 Å². The lowest BCUT2D eigenvalue weighted by Gasteiger charge is -2.15. The van der Waals surface area contributed by atoms with Gasteiger partial charge in [0.05, 0.1) is 6.10 Å². The Morgan fingerprint density at radius 2 is 1.96 bits per heavy atom. The first-order valence-electron chi connectivity index (χ1n) is 7.30. The SMILES string of the molecule is COC(NC(=O)c1nc(Cl)c2cc(OC(C)C)ccc2c1O)C(=O)O. The zero-order valence-corrected chi connectivity index (χ0v) is 14.5. The lowest BCUT2D eigenvalue weighted by atomic mass is 10.1. The number of carbonyl (C=O) groups excluding carboxylic acids is 1. The van der Waals surface area contributed by atoms with E-state index < -0.39 is 29.5 Å². The standard InChI is InChI=1S/C16H17ClN2O6/c1-7(2)25-8-4-5-9-10(6-8)13(17)18-11(12(9)20)14(21)19-15(24-3)16(22)23/h4-7,15,20H,1-3H3,(H,19,21)(H,22,23). The van der Waals surface area contributed by atoms with Crippen LogP contribution < -0.4 is 10.1 Å². The number of carbonyl (C=O) groups is 2. The highest BCUT2D eigenvalue weighted by atomic mass is 35.5. The summed E-state index contributed by atoms with van der Waals surface area (Å²) >= 11 is 6.11. The Balaban J connectivity index is 2.44. The van der Waals surface area contributed by atoms with Crippen LogP contribution >= 0.6 is 11.6 Å². The fourth-order valence-electron chi connectivity index (χ4n) is 2.15. The number of hydrogen-bond donors (Lipinski definition) is 3. The molecule has 0 spiro atoms. The van der Waals surface area contributed by atoms with E-state index in [0.717, 1.165) is 7.11 Å². The van der Waals surface area contributed by atoms with E-state index in [1.54, 1.807) is 12.1 Å². The predicted molar refractivity (Wildman–Crippen MR) is 90.1 cm³/mol. The molecule has 0 radical (unpaired) electrons. The van der Waals surface area contributed by atoms with E-state index in [9.17, 15) is 14.7 Å². The maximum Gasteiger partial charge on any atom is 0.354 e. The smallest absolute Gasteiger partial charge is 0.354 e. The van der Waals surface area contributed by atoms with Crippen LogP contribution in [0.4, 0.5) is 0 Å². The van der Waals surface area contributed by atoms with E-state index in [0.29, 0.717) is 11.1 Å². The molecule has 1 aromatic carbocycles. The normalized spacial score (nSPS) is 12.2. The summed E-state index contributed by atoms with van der Waals surface area (Å²) in [5.41, 5.74) is -0.404. The van der Waals surface area contributed by atoms with Crippen molar-refractivity contribution < 1.29 is 29.3 Å². The number of carboxylic acid groups (broad SMARTS) is 1. The topological polar surface area (TPSA) is 118 Å². The maximum absolute atomic E-state index is 12.2. The number of nitrogens with zero attached hydrogens (tertiary/aromatic N) is 1. The molecule has 25 heavy (non-hydrogen) atoms. The van der Waals surface area contributed by atoms with Crippen molar-refractivity contribution in [1.29, 1.82) is 0 Å². The fourth-order valence-corrected chi connectivity index (χ4v) is 2.39. The predicted octanol–water partition coefficient (Wildman–Crippen LogP) is 2.17. The molecule has 0 bridgehead atoms. The lowest BCUT2D eigenvalue weighted by Crippen LogP contribution is -2.42. The number of benzene rings is 1. The van der Waals surface area contributed by atoms with Crippen LogP contribution in [-0.4, -0.2) is 46.5 Å². The van der Waals surface area contributed by atoms with Gasteiger partial charge in [-0.25, -0.2) is 9.78 Å². The molecular weight excluding hydrogens is 352 g/mol. The minimum absolute atomic E-state index is 0.0311. The molecule has 1 unspecified atom stereocenters. The molecule has 0 aliphatic carbocycles. The molecule has 8 nitrogen and oxygen atoms in total. The summed E-state index contributed by atoms with van der Waals surface area (Å²) in [5, 5.41) is 22.0. The van der Waals surface area contributed by atoms with Gasteiger partial charge in [0.25, 0.3) is 5.91 Å². The van der Waals surface area contributed by atoms with E-state index in [1.807, 2.05) is 13.8 Å². The number of hydrogen-bond acceptors (Lipinski definition) is 6. The molecule has 0 aliphatic heterocycles. The Kier molecular flexibility index (Phi) is 5.66. The fraction of sp³-hybridized carbons (Fsp3) is 0.312. The van der Waals surface area contributed by atoms with Gasteiger partial charge in [0, 0.05) is 17.9 Å². The van der Waals surface area contributed by atoms with E-state index >= 15 is 0 Å². The Morgan fingerprint density at radius 1 is 1.28 bits per heavy atom. The second-order valence-electron chi connectivity index (χ2n) is 5.40. The quantitative estimate of drug-likeness (QED) is 0.528. The molecule has 0 saturated carbocycles. The van der Waals surface area contributed by atoms with Gasteiger partial charge in [-0.05, 0) is 32.0 Å². The first-order chi connectivity index (χ1) is 11.7. The highest BCUT2D eigenvalue weighted by Gasteiger charge is 2.24. The van der Waals surface area contributed by atoms with E-state index in [-0.39, 0.29) is 16.6 Å². The monoisotopic (exact) mass is 368 g/mol. The Morgan fingerprint density at radius 3 is 2.52 bits per heavy atom. The zero-order valence-electron chi connectivity index (χ0n) is 13.7. The average molecular weight is 369 g/mol. The van der Waals surface area contributed by atoms with Gasteiger partial charge in [0.1, 0.15) is 10.9 Å². The molecule has 1 aromatic heterocycles. The van der Waals surface area contributed by atoms with Gasteiger partial charge in [-0.3, -0.25) is 4.79 Å². The number of pyridine rings is 1. The van der Waals surface area contributed by atoms with Gasteiger partial charge in [0.2, 0.25) is 6.23 Å². The van der Waals surface area contributed by atoms with Gasteiger partial charge < -0.3 is 25.0 Å². The van der Waals surface area contributed by atoms with Crippen molar-refractivity contribution in [2.75, 3.05) is 7.11 Å². The average Bonchev–Trinajstić information content (AvgIpc) is 2.54. The van der Waals surface area contributed by atoms with Gasteiger partial charge in [-0.15, -0.1) is 0 Å². The van der Waals surface area contributed by atoms with Gasteiger partial charge in [0.15, 0.2) is 11.4 Å². The van der Waals surface area contributed by atoms with Crippen LogP contribution in [-0.2, 0) is 9.53 Å². The van der Waals surface area contributed by atoms with Crippen LogP contribution in [0.5, 0.6) is 11.5 Å². The van der Waals surface area contributed by atoms with E-state index in [1.165, 1.54) is 6.07 Å². The Labute approximate surface area is 148 Å². The van der Waals surface area contributed by atoms with Crippen molar-refractivity contribution in [1.82, 2.24) is 10.3 Å². The summed E-state index contributed by atoms with van der Waals surface area (Å²) in [5.74, 6) is -2.21. The lowest BCUT2D eigenvalue weighted by molar-refractivity contribution is -0.149. The second-order valence-corrected chi connectivity index (χ2v) is 5.76. The maximum atomic E-state index is 12.2. The van der Waals surface area contributed by atoms with Crippen molar-refractivity contribution in [2.45, 2.75) is 26.2 Å². The molecule has 0 saturated heterocycles. The highest BCUT2D eigenvalue weighted by molar-refractivity contribution is 6.35. The molecule has 2 aromatic rings. The summed E-state index contributed by atoms with van der Waals surface area (Å²) in [6, 6.07) is 4.76. The molecular formula is C16H17ClN2O6. The Hall–Kier alpha value is -2.58. The number of fused-ring (bicyclic) bond motifs is 1. The zero-order chi connectivity index (χ0) is 18.7. The van der Waals surface area contributed by atoms with Crippen molar-refractivity contribution in [3.8, 4) is 11.5 Å². The number of methoxy groups -OCH3 is 1. The summed E-state index contributed by atoms with van der Waals surface area (Å²) in [7, 11) is 1.12. The Bertz CT molecular complexity index is 824. The third kappa shape index (κ3) is 4.09. The summed E-state index contributed by atoms with van der Waals surface area (Å²) in [6.45, 7) is 3.73. The van der Waals surface area contributed by atoms with Gasteiger partial charge >= 0.3 is 5.97 Å². The minimum Gasteiger partial charge on any atom is -0.505 e. The largest absolute Gasteiger partial charge is 0.505 e. The van der Waals surface area contributed by atoms with E-state index in [4.69, 9.17) is 21.4 Å². The molecule has 0 aliphatic rings. The van der Waals surface area contributed by atoms with Crippen molar-refractivity contribution in [3.63, 3.8) is 0 Å². The first kappa shape index (κ1) is 18.8. The van der Waals surface area contributed by atoms with Crippen molar-refractivity contribution in [2.24, 2.45) is 0 Å². The van der Waals surface area contributed by atoms with Crippen LogP contribution in [0.3, 0.4) is 0 Å². The molecule has 3 N–H and O–H groups in total. The van der Waals surface area contributed by atoms with Crippen LogP contribution in [0.15, 0.2) is 18.2 Å². The molecule has 0 fully saturated rings. The highest BCUT2D eigenvalue weighted by Crippen LogP contribution is 2.34. The minimum atomic E-state index is -1.58. The first-order valence-corrected chi connectivity index (χ1v) is 7.67. The molecule has 1 amide bonds. The van der Waals surface area contributed by atoms with Crippen molar-refractivity contribution in [3.05, 3.63) is 29.0 Å². The third-order valence-corrected chi connectivity index (χ3v) is 3.50. The molecule has 134 valence electrons. The van der Waals surface area contributed by atoms with E-state index in [2.05, 4.69) is 15.0 Å². The number of amides is 1. The van der Waals surface area contributed by atoms with Gasteiger partial charge in [-0.1, -0.05) is 11.6 Å². The number of aliphatic carboxylic acids is 1. The number of aromatic nitrogens is 1. The molecule has 9 heteroatoms. The van der Waals surface area contributed by atoms with Crippen LogP contribution in [0.1, 0.15) is 24.3 Å². The van der Waals surface area contributed by atoms with Gasteiger partial charge in [-0.2, -0.15) is 0 Å². The number of nitrogens with one attached hydrogen (secondary N) is 1. The summed E-state index contributed by atoms with van der Waals surface area (Å²) in [6.07, 6.45) is -1.63. The summed E-state index contributed by atoms with van der Waals surface area (Å²) < 4.78 is 10.2. The summed E-state index contributed by atoms with van der Waals surface area (Å²) in [4.78, 5) is 27.0. The number of carboxylic acids is 1. The van der Waals surface area contributed by atoms with Crippen LogP contribution in [0.2, 0.25) is 5.15 Å². The molecule has 2 rings (SSSR count). The number of ether oxygens (including phenoxy) is 2. The van der Waals surface area contributed by atoms with Crippen LogP contribution in [0, 0.1) is 0 Å².